The SMILES string of the molecule is C1CCNC1.Nc1nc(Nc2ccc(C(F)(F)F)cc2)c2c(=O)[nH]ccc2n1. The first-order valence-corrected chi connectivity index (χ1v) is 8.64. The fraction of sp³-hybridized carbons (Fsp3) is 0.278. The van der Waals surface area contributed by atoms with Crippen LogP contribution in [0.1, 0.15) is 18.4 Å². The van der Waals surface area contributed by atoms with Crippen molar-refractivity contribution in [3.05, 3.63) is 52.4 Å². The van der Waals surface area contributed by atoms with Gasteiger partial charge in [-0.15, -0.1) is 0 Å². The molecular formula is C18H19F3N6O. The molecule has 7 nitrogen and oxygen atoms in total. The first-order chi connectivity index (χ1) is 13.3. The van der Waals surface area contributed by atoms with Crippen molar-refractivity contribution in [2.45, 2.75) is 19.0 Å². The highest BCUT2D eigenvalue weighted by Crippen LogP contribution is 2.30. The molecule has 2 aromatic heterocycles. The molecule has 3 heterocycles. The van der Waals surface area contributed by atoms with Gasteiger partial charge >= 0.3 is 6.18 Å². The number of fused-ring (bicyclic) bond motifs is 1. The van der Waals surface area contributed by atoms with E-state index in [1.165, 1.54) is 44.3 Å². The van der Waals surface area contributed by atoms with E-state index in [1.807, 2.05) is 0 Å². The molecule has 4 rings (SSSR count). The van der Waals surface area contributed by atoms with Crippen LogP contribution in [0.4, 0.5) is 30.6 Å². The zero-order valence-electron chi connectivity index (χ0n) is 14.8. The average molecular weight is 392 g/mol. The van der Waals surface area contributed by atoms with Crippen LogP contribution in [0.3, 0.4) is 0 Å². The van der Waals surface area contributed by atoms with Crippen molar-refractivity contribution in [3.63, 3.8) is 0 Å². The number of hydrogen-bond acceptors (Lipinski definition) is 6. The van der Waals surface area contributed by atoms with Crippen LogP contribution >= 0.6 is 0 Å². The van der Waals surface area contributed by atoms with Gasteiger partial charge in [0.25, 0.3) is 5.56 Å². The third kappa shape index (κ3) is 4.77. The quantitative estimate of drug-likeness (QED) is 0.534. The summed E-state index contributed by atoms with van der Waals surface area (Å²) in [6.45, 7) is 2.50. The van der Waals surface area contributed by atoms with E-state index in [0.29, 0.717) is 11.2 Å². The Hall–Kier alpha value is -3.14. The molecule has 0 radical (unpaired) electrons. The number of nitrogens with one attached hydrogen (secondary N) is 3. The molecule has 0 saturated carbocycles. The number of pyridine rings is 1. The third-order valence-electron chi connectivity index (χ3n) is 4.07. The standard InChI is InChI=1S/C14H10F3N5O.C4H9N/c15-14(16,17)7-1-3-8(4-2-7)20-11-10-9(21-13(18)22-11)5-6-19-12(10)23;1-2-4-5-3-1/h1-6H,(H,19,23)(H3,18,20,21,22);5H,1-4H2. The number of anilines is 3. The summed E-state index contributed by atoms with van der Waals surface area (Å²) >= 11 is 0. The number of aromatic amines is 1. The minimum Gasteiger partial charge on any atom is -0.368 e. The van der Waals surface area contributed by atoms with E-state index in [-0.39, 0.29) is 17.2 Å². The minimum absolute atomic E-state index is 0.0579. The number of aromatic nitrogens is 3. The number of benzene rings is 1. The molecule has 10 heteroatoms. The van der Waals surface area contributed by atoms with Crippen molar-refractivity contribution >= 4 is 28.4 Å². The zero-order chi connectivity index (χ0) is 20.1. The lowest BCUT2D eigenvalue weighted by Gasteiger charge is -2.10. The van der Waals surface area contributed by atoms with Gasteiger partial charge in [-0.2, -0.15) is 18.2 Å². The van der Waals surface area contributed by atoms with Gasteiger partial charge in [0.15, 0.2) is 0 Å². The van der Waals surface area contributed by atoms with Crippen molar-refractivity contribution in [2.24, 2.45) is 0 Å². The smallest absolute Gasteiger partial charge is 0.368 e. The first kappa shape index (κ1) is 19.6. The van der Waals surface area contributed by atoms with E-state index >= 15 is 0 Å². The van der Waals surface area contributed by atoms with E-state index in [9.17, 15) is 18.0 Å². The van der Waals surface area contributed by atoms with Crippen LogP contribution in [0.2, 0.25) is 0 Å². The lowest BCUT2D eigenvalue weighted by atomic mass is 10.2. The number of rotatable bonds is 2. The highest BCUT2D eigenvalue weighted by atomic mass is 19.4. The van der Waals surface area contributed by atoms with Crippen LogP contribution in [0, 0.1) is 0 Å². The Bertz CT molecular complexity index is 989. The van der Waals surface area contributed by atoms with Gasteiger partial charge in [-0.05, 0) is 56.3 Å². The van der Waals surface area contributed by atoms with Crippen molar-refractivity contribution in [3.8, 4) is 0 Å². The summed E-state index contributed by atoms with van der Waals surface area (Å²) in [7, 11) is 0. The van der Waals surface area contributed by atoms with Gasteiger partial charge in [0, 0.05) is 11.9 Å². The largest absolute Gasteiger partial charge is 0.416 e. The molecule has 148 valence electrons. The molecule has 1 aromatic carbocycles. The number of halogens is 3. The normalized spacial score (nSPS) is 13.8. The van der Waals surface area contributed by atoms with Crippen molar-refractivity contribution < 1.29 is 13.2 Å². The van der Waals surface area contributed by atoms with Gasteiger partial charge in [0.05, 0.1) is 11.1 Å². The first-order valence-electron chi connectivity index (χ1n) is 8.64. The molecule has 0 aliphatic carbocycles. The average Bonchev–Trinajstić information content (AvgIpc) is 3.21. The lowest BCUT2D eigenvalue weighted by Crippen LogP contribution is -2.11. The molecule has 1 aliphatic heterocycles. The highest BCUT2D eigenvalue weighted by Gasteiger charge is 2.29. The molecule has 5 N–H and O–H groups in total. The molecule has 0 amide bonds. The Morgan fingerprint density at radius 2 is 1.71 bits per heavy atom. The number of alkyl halides is 3. The van der Waals surface area contributed by atoms with Gasteiger partial charge in [-0.1, -0.05) is 0 Å². The molecule has 0 spiro atoms. The summed E-state index contributed by atoms with van der Waals surface area (Å²) in [5, 5.41) is 6.18. The maximum atomic E-state index is 12.6. The topological polar surface area (TPSA) is 109 Å². The van der Waals surface area contributed by atoms with Crippen molar-refractivity contribution in [2.75, 3.05) is 24.1 Å². The van der Waals surface area contributed by atoms with Gasteiger partial charge in [0.1, 0.15) is 11.2 Å². The van der Waals surface area contributed by atoms with Crippen LogP contribution < -0.4 is 21.9 Å². The summed E-state index contributed by atoms with van der Waals surface area (Å²) in [4.78, 5) is 22.3. The highest BCUT2D eigenvalue weighted by molar-refractivity contribution is 5.90. The summed E-state index contributed by atoms with van der Waals surface area (Å²) in [6, 6.07) is 5.89. The zero-order valence-corrected chi connectivity index (χ0v) is 14.8. The molecule has 1 aliphatic rings. The monoisotopic (exact) mass is 392 g/mol. The van der Waals surface area contributed by atoms with E-state index in [2.05, 4.69) is 25.6 Å². The van der Waals surface area contributed by atoms with Crippen LogP contribution in [0.15, 0.2) is 41.3 Å². The summed E-state index contributed by atoms with van der Waals surface area (Å²) in [5.74, 6) is 0.0617. The number of nitrogen functional groups attached to an aromatic ring is 1. The Morgan fingerprint density at radius 1 is 1.04 bits per heavy atom. The second-order valence-electron chi connectivity index (χ2n) is 6.15. The Labute approximate surface area is 158 Å². The van der Waals surface area contributed by atoms with Gasteiger partial charge in [-0.3, -0.25) is 4.79 Å². The summed E-state index contributed by atoms with van der Waals surface area (Å²) in [6.07, 6.45) is -0.221. The van der Waals surface area contributed by atoms with Crippen LogP contribution in [-0.4, -0.2) is 28.0 Å². The predicted octanol–water partition coefficient (Wildman–Crippen LogP) is 3.03. The lowest BCUT2D eigenvalue weighted by molar-refractivity contribution is -0.137. The van der Waals surface area contributed by atoms with E-state index in [4.69, 9.17) is 5.73 Å². The summed E-state index contributed by atoms with van der Waals surface area (Å²) < 4.78 is 37.7. The molecule has 3 aromatic rings. The maximum absolute atomic E-state index is 12.6. The molecule has 0 atom stereocenters. The second kappa shape index (κ2) is 8.26. The van der Waals surface area contributed by atoms with Crippen LogP contribution in [0.5, 0.6) is 0 Å². The maximum Gasteiger partial charge on any atom is 0.416 e. The molecule has 28 heavy (non-hydrogen) atoms. The Morgan fingerprint density at radius 3 is 2.29 bits per heavy atom. The molecular weight excluding hydrogens is 373 g/mol. The molecule has 0 bridgehead atoms. The van der Waals surface area contributed by atoms with E-state index < -0.39 is 17.3 Å². The molecule has 0 unspecified atom stereocenters. The van der Waals surface area contributed by atoms with E-state index in [1.54, 1.807) is 6.07 Å². The fourth-order valence-corrected chi connectivity index (χ4v) is 2.70. The number of nitrogens with two attached hydrogens (primary N) is 1. The van der Waals surface area contributed by atoms with Gasteiger partial charge < -0.3 is 21.4 Å². The van der Waals surface area contributed by atoms with Crippen LogP contribution in [0.25, 0.3) is 10.9 Å². The molecule has 1 fully saturated rings. The van der Waals surface area contributed by atoms with Crippen molar-refractivity contribution in [1.29, 1.82) is 0 Å². The number of hydrogen-bond donors (Lipinski definition) is 4. The predicted molar refractivity (Wildman–Crippen MR) is 101 cm³/mol. The fourth-order valence-electron chi connectivity index (χ4n) is 2.70. The van der Waals surface area contributed by atoms with Crippen LogP contribution in [-0.2, 0) is 6.18 Å². The Balaban J connectivity index is 0.000000391. The third-order valence-corrected chi connectivity index (χ3v) is 4.07. The number of nitrogens with zero attached hydrogens (tertiary/aromatic N) is 2. The van der Waals surface area contributed by atoms with Gasteiger partial charge in [-0.25, -0.2) is 4.98 Å². The van der Waals surface area contributed by atoms with Crippen molar-refractivity contribution in [1.82, 2.24) is 20.3 Å². The second-order valence-corrected chi connectivity index (χ2v) is 6.15. The molecule has 1 saturated heterocycles. The number of H-pyrrole nitrogens is 1. The van der Waals surface area contributed by atoms with Gasteiger partial charge in [0.2, 0.25) is 5.95 Å². The van der Waals surface area contributed by atoms with E-state index in [0.717, 1.165) is 12.1 Å². The minimum atomic E-state index is -4.41. The Kier molecular flexibility index (Phi) is 5.78. The summed E-state index contributed by atoms with van der Waals surface area (Å²) in [5.41, 5.74) is 5.05.